The van der Waals surface area contributed by atoms with Gasteiger partial charge in [0.15, 0.2) is 0 Å². The minimum Gasteiger partial charge on any atom is -0.330 e. The molecule has 11 heavy (non-hydrogen) atoms. The third-order valence-corrected chi connectivity index (χ3v) is 2.40. The van der Waals surface area contributed by atoms with Gasteiger partial charge < -0.3 is 5.73 Å². The molecule has 0 amide bonds. The Balaban J connectivity index is 2.71. The number of hydrogen-bond donors (Lipinski definition) is 1. The Morgan fingerprint density at radius 2 is 2.00 bits per heavy atom. The lowest BCUT2D eigenvalue weighted by molar-refractivity contribution is -0.0379. The van der Waals surface area contributed by atoms with E-state index in [1.54, 1.807) is 0 Å². The highest BCUT2D eigenvalue weighted by molar-refractivity contribution is 4.94. The van der Waals surface area contributed by atoms with Crippen molar-refractivity contribution in [1.82, 2.24) is 0 Å². The number of alkyl halides is 2. The first-order chi connectivity index (χ1) is 4.87. The van der Waals surface area contributed by atoms with Crippen LogP contribution in [-0.4, -0.2) is 12.5 Å². The Labute approximate surface area is 66.0 Å². The summed E-state index contributed by atoms with van der Waals surface area (Å²) in [6, 6.07) is 0. The molecular weight excluding hydrogens is 148 g/mol. The van der Waals surface area contributed by atoms with Crippen LogP contribution >= 0.6 is 0 Å². The number of rotatable bonds is 1. The van der Waals surface area contributed by atoms with E-state index in [-0.39, 0.29) is 18.4 Å². The van der Waals surface area contributed by atoms with Crippen molar-refractivity contribution in [3.05, 3.63) is 0 Å². The molecular formula is C8H15F2N. The standard InChI is InChI=1S/C8H15F2N/c1-7(2)3-6(4-11)8(9,10)5-7/h6H,3-5,11H2,1-2H3. The number of halogens is 2. The van der Waals surface area contributed by atoms with E-state index in [4.69, 9.17) is 5.73 Å². The second-order valence-corrected chi connectivity index (χ2v) is 4.24. The molecule has 0 spiro atoms. The maximum Gasteiger partial charge on any atom is 0.252 e. The highest BCUT2D eigenvalue weighted by Crippen LogP contribution is 2.50. The molecule has 0 aromatic carbocycles. The molecule has 1 atom stereocenters. The van der Waals surface area contributed by atoms with Crippen molar-refractivity contribution >= 4 is 0 Å². The third-order valence-electron chi connectivity index (χ3n) is 2.40. The lowest BCUT2D eigenvalue weighted by Gasteiger charge is -2.16. The molecule has 0 bridgehead atoms. The SMILES string of the molecule is CC1(C)CC(CN)C(F)(F)C1. The lowest BCUT2D eigenvalue weighted by Crippen LogP contribution is -2.28. The normalized spacial score (nSPS) is 34.1. The first kappa shape index (κ1) is 8.91. The Bertz CT molecular complexity index is 154. The zero-order chi connectivity index (χ0) is 8.70. The van der Waals surface area contributed by atoms with Gasteiger partial charge in [-0.15, -0.1) is 0 Å². The fourth-order valence-electron chi connectivity index (χ4n) is 1.93. The summed E-state index contributed by atoms with van der Waals surface area (Å²) in [6.45, 7) is 3.85. The molecule has 66 valence electrons. The molecule has 0 aromatic heterocycles. The van der Waals surface area contributed by atoms with Crippen molar-refractivity contribution in [2.75, 3.05) is 6.54 Å². The predicted octanol–water partition coefficient (Wildman–Crippen LogP) is 2.02. The van der Waals surface area contributed by atoms with Crippen molar-refractivity contribution in [3.8, 4) is 0 Å². The van der Waals surface area contributed by atoms with Crippen molar-refractivity contribution in [3.63, 3.8) is 0 Å². The molecule has 3 heteroatoms. The number of hydrogen-bond acceptors (Lipinski definition) is 1. The van der Waals surface area contributed by atoms with Gasteiger partial charge in [-0.3, -0.25) is 0 Å². The molecule has 1 unspecified atom stereocenters. The second kappa shape index (κ2) is 2.41. The topological polar surface area (TPSA) is 26.0 Å². The van der Waals surface area contributed by atoms with E-state index < -0.39 is 11.8 Å². The van der Waals surface area contributed by atoms with Crippen molar-refractivity contribution in [1.29, 1.82) is 0 Å². The average Bonchev–Trinajstić information content (AvgIpc) is 1.99. The summed E-state index contributed by atoms with van der Waals surface area (Å²) >= 11 is 0. The van der Waals surface area contributed by atoms with Crippen LogP contribution in [0.4, 0.5) is 8.78 Å². The maximum atomic E-state index is 13.0. The quantitative estimate of drug-likeness (QED) is 0.628. The summed E-state index contributed by atoms with van der Waals surface area (Å²) in [5, 5.41) is 0. The summed E-state index contributed by atoms with van der Waals surface area (Å²) in [6.07, 6.45) is 0.540. The highest BCUT2D eigenvalue weighted by Gasteiger charge is 2.51. The van der Waals surface area contributed by atoms with Gasteiger partial charge in [-0.25, -0.2) is 8.78 Å². The van der Waals surface area contributed by atoms with Gasteiger partial charge in [-0.05, 0) is 11.8 Å². The summed E-state index contributed by atoms with van der Waals surface area (Å²) < 4.78 is 26.0. The van der Waals surface area contributed by atoms with E-state index in [1.165, 1.54) is 0 Å². The number of nitrogens with two attached hydrogens (primary N) is 1. The molecule has 1 aliphatic rings. The van der Waals surface area contributed by atoms with E-state index in [2.05, 4.69) is 0 Å². The lowest BCUT2D eigenvalue weighted by atomic mass is 9.91. The van der Waals surface area contributed by atoms with Gasteiger partial charge >= 0.3 is 0 Å². The molecule has 0 saturated heterocycles. The average molecular weight is 163 g/mol. The van der Waals surface area contributed by atoms with Crippen LogP contribution in [-0.2, 0) is 0 Å². The van der Waals surface area contributed by atoms with Gasteiger partial charge in [0.2, 0.25) is 0 Å². The molecule has 1 saturated carbocycles. The minimum absolute atomic E-state index is 0.0120. The van der Waals surface area contributed by atoms with Gasteiger partial charge in [0.25, 0.3) is 5.92 Å². The zero-order valence-corrected chi connectivity index (χ0v) is 7.03. The first-order valence-electron chi connectivity index (χ1n) is 3.95. The molecule has 2 N–H and O–H groups in total. The molecule has 1 aliphatic carbocycles. The molecule has 0 aliphatic heterocycles. The van der Waals surface area contributed by atoms with Gasteiger partial charge in [-0.2, -0.15) is 0 Å². The van der Waals surface area contributed by atoms with E-state index in [0.717, 1.165) is 0 Å². The monoisotopic (exact) mass is 163 g/mol. The Kier molecular flexibility index (Phi) is 1.95. The van der Waals surface area contributed by atoms with E-state index in [9.17, 15) is 8.78 Å². The maximum absolute atomic E-state index is 13.0. The van der Waals surface area contributed by atoms with Gasteiger partial charge in [0, 0.05) is 18.9 Å². The molecule has 0 heterocycles. The van der Waals surface area contributed by atoms with Crippen LogP contribution in [0, 0.1) is 11.3 Å². The van der Waals surface area contributed by atoms with Crippen LogP contribution in [0.1, 0.15) is 26.7 Å². The van der Waals surface area contributed by atoms with Crippen molar-refractivity contribution < 1.29 is 8.78 Å². The minimum atomic E-state index is -2.53. The van der Waals surface area contributed by atoms with Crippen LogP contribution in [0.25, 0.3) is 0 Å². The molecule has 1 fully saturated rings. The summed E-state index contributed by atoms with van der Waals surface area (Å²) in [5.74, 6) is -3.13. The fourth-order valence-corrected chi connectivity index (χ4v) is 1.93. The molecule has 0 radical (unpaired) electrons. The predicted molar refractivity (Wildman–Crippen MR) is 40.5 cm³/mol. The van der Waals surface area contributed by atoms with E-state index in [0.29, 0.717) is 6.42 Å². The summed E-state index contributed by atoms with van der Waals surface area (Å²) in [4.78, 5) is 0. The van der Waals surface area contributed by atoms with E-state index in [1.807, 2.05) is 13.8 Å². The second-order valence-electron chi connectivity index (χ2n) is 4.24. The van der Waals surface area contributed by atoms with Crippen LogP contribution in [0.2, 0.25) is 0 Å². The van der Waals surface area contributed by atoms with Crippen molar-refractivity contribution in [2.24, 2.45) is 17.1 Å². The van der Waals surface area contributed by atoms with Crippen molar-refractivity contribution in [2.45, 2.75) is 32.6 Å². The summed E-state index contributed by atoms with van der Waals surface area (Å²) in [7, 11) is 0. The fraction of sp³-hybridized carbons (Fsp3) is 1.00. The van der Waals surface area contributed by atoms with Gasteiger partial charge in [-0.1, -0.05) is 13.8 Å². The highest BCUT2D eigenvalue weighted by atomic mass is 19.3. The molecule has 0 aromatic rings. The largest absolute Gasteiger partial charge is 0.330 e. The van der Waals surface area contributed by atoms with Crippen LogP contribution < -0.4 is 5.73 Å². The smallest absolute Gasteiger partial charge is 0.252 e. The molecule has 1 nitrogen and oxygen atoms in total. The Hall–Kier alpha value is -0.180. The third kappa shape index (κ3) is 1.70. The Morgan fingerprint density at radius 3 is 2.18 bits per heavy atom. The van der Waals surface area contributed by atoms with Crippen LogP contribution in [0.15, 0.2) is 0 Å². The Morgan fingerprint density at radius 1 is 1.45 bits per heavy atom. The summed E-state index contributed by atoms with van der Waals surface area (Å²) in [5.41, 5.74) is 5.02. The van der Waals surface area contributed by atoms with Crippen LogP contribution in [0.5, 0.6) is 0 Å². The van der Waals surface area contributed by atoms with Gasteiger partial charge in [0.1, 0.15) is 0 Å². The van der Waals surface area contributed by atoms with E-state index >= 15 is 0 Å². The first-order valence-corrected chi connectivity index (χ1v) is 3.95. The zero-order valence-electron chi connectivity index (χ0n) is 7.03. The van der Waals surface area contributed by atoms with Crippen LogP contribution in [0.3, 0.4) is 0 Å². The van der Waals surface area contributed by atoms with Gasteiger partial charge in [0.05, 0.1) is 0 Å². The molecule has 1 rings (SSSR count).